The second kappa shape index (κ2) is 9.89. The standard InChI is InChI=1S/C22H43FN2O5SSi2/c1-12-25(20(26)27)19-24-16-15(23)17(30-33(10,11)22(5,6)7)14(29-18(16)31-19)13-28-32(8,9)21(2,3)4/h14-18H,12-13H2,1-11H3,(H,26,27)/t14-,15+,16-,17-,18-/m1/s1. The fraction of sp³-hybridized carbons (Fsp3) is 0.909. The number of hydrogen-bond donors (Lipinski definition) is 1. The second-order valence-electron chi connectivity index (χ2n) is 11.9. The zero-order chi connectivity index (χ0) is 25.6. The number of ether oxygens (including phenoxy) is 1. The van der Waals surface area contributed by atoms with Crippen LogP contribution >= 0.6 is 11.8 Å². The minimum Gasteiger partial charge on any atom is -0.465 e. The van der Waals surface area contributed by atoms with Crippen LogP contribution in [0.3, 0.4) is 0 Å². The first kappa shape index (κ1) is 28.8. The maximum Gasteiger partial charge on any atom is 0.413 e. The molecule has 1 saturated heterocycles. The molecular formula is C22H43FN2O5SSi2. The number of hydrogen-bond acceptors (Lipinski definition) is 6. The van der Waals surface area contributed by atoms with E-state index in [0.29, 0.717) is 0 Å². The van der Waals surface area contributed by atoms with Gasteiger partial charge in [-0.3, -0.25) is 9.89 Å². The number of amides is 1. The number of carboxylic acid groups (broad SMARTS) is 1. The fourth-order valence-corrected chi connectivity index (χ4v) is 6.76. The summed E-state index contributed by atoms with van der Waals surface area (Å²) in [6, 6.07) is -0.808. The fourth-order valence-electron chi connectivity index (χ4n) is 3.16. The van der Waals surface area contributed by atoms with Crippen molar-refractivity contribution in [2.24, 2.45) is 4.99 Å². The first-order valence-electron chi connectivity index (χ1n) is 11.7. The van der Waals surface area contributed by atoms with E-state index in [9.17, 15) is 9.90 Å². The molecule has 0 aliphatic carbocycles. The maximum absolute atomic E-state index is 16.1. The first-order valence-corrected chi connectivity index (χ1v) is 18.4. The van der Waals surface area contributed by atoms with Gasteiger partial charge in [-0.05, 0) is 43.2 Å². The largest absolute Gasteiger partial charge is 0.465 e. The molecule has 192 valence electrons. The van der Waals surface area contributed by atoms with Crippen LogP contribution < -0.4 is 0 Å². The summed E-state index contributed by atoms with van der Waals surface area (Å²) in [7, 11) is -4.41. The Bertz CT molecular complexity index is 754. The number of halogens is 1. The van der Waals surface area contributed by atoms with Crippen molar-refractivity contribution in [2.75, 3.05) is 13.2 Å². The number of nitrogens with zero attached hydrogens (tertiary/aromatic N) is 2. The third kappa shape index (κ3) is 6.21. The van der Waals surface area contributed by atoms with Gasteiger partial charge >= 0.3 is 6.09 Å². The molecule has 0 aromatic carbocycles. The number of carbonyl (C=O) groups is 1. The van der Waals surface area contributed by atoms with Crippen molar-refractivity contribution in [1.29, 1.82) is 0 Å². The van der Waals surface area contributed by atoms with Crippen molar-refractivity contribution >= 4 is 39.7 Å². The van der Waals surface area contributed by atoms with Crippen molar-refractivity contribution in [3.63, 3.8) is 0 Å². The van der Waals surface area contributed by atoms with E-state index in [1.165, 1.54) is 11.8 Å². The molecule has 2 rings (SSSR count). The maximum atomic E-state index is 16.1. The van der Waals surface area contributed by atoms with E-state index < -0.39 is 52.6 Å². The zero-order valence-corrected chi connectivity index (χ0v) is 24.9. The Morgan fingerprint density at radius 2 is 1.70 bits per heavy atom. The van der Waals surface area contributed by atoms with Gasteiger partial charge in [-0.25, -0.2) is 9.18 Å². The minimum atomic E-state index is -2.32. The van der Waals surface area contributed by atoms with Gasteiger partial charge in [0.25, 0.3) is 0 Å². The van der Waals surface area contributed by atoms with Gasteiger partial charge in [0, 0.05) is 6.54 Å². The Labute approximate surface area is 205 Å². The van der Waals surface area contributed by atoms with Gasteiger partial charge in [-0.15, -0.1) is 0 Å². The molecule has 1 amide bonds. The molecule has 0 radical (unpaired) electrons. The minimum absolute atomic E-state index is 0.0105. The quantitative estimate of drug-likeness (QED) is 0.435. The van der Waals surface area contributed by atoms with Crippen LogP contribution in [0.5, 0.6) is 0 Å². The topological polar surface area (TPSA) is 80.6 Å². The second-order valence-corrected chi connectivity index (χ2v) is 22.6. The number of amidine groups is 1. The third-order valence-corrected chi connectivity index (χ3v) is 17.6. The molecule has 1 fully saturated rings. The van der Waals surface area contributed by atoms with E-state index in [4.69, 9.17) is 13.6 Å². The molecule has 0 unspecified atom stereocenters. The molecule has 2 aliphatic heterocycles. The van der Waals surface area contributed by atoms with Crippen LogP contribution in [0.4, 0.5) is 9.18 Å². The molecule has 5 atom stereocenters. The number of rotatable bonds is 6. The van der Waals surface area contributed by atoms with Gasteiger partial charge in [0.05, 0.1) is 6.61 Å². The highest BCUT2D eigenvalue weighted by Gasteiger charge is 2.54. The average molecular weight is 523 g/mol. The number of thioether (sulfide) groups is 1. The number of alkyl halides is 1. The first-order chi connectivity index (χ1) is 14.8. The van der Waals surface area contributed by atoms with E-state index in [2.05, 4.69) is 72.7 Å². The predicted molar refractivity (Wildman–Crippen MR) is 138 cm³/mol. The predicted octanol–water partition coefficient (Wildman–Crippen LogP) is 5.93. The van der Waals surface area contributed by atoms with Crippen LogP contribution in [-0.2, 0) is 13.6 Å². The monoisotopic (exact) mass is 522 g/mol. The summed E-state index contributed by atoms with van der Waals surface area (Å²) in [6.45, 7) is 23.6. The molecule has 0 aromatic heterocycles. The molecule has 2 aliphatic rings. The summed E-state index contributed by atoms with van der Waals surface area (Å²) >= 11 is 1.17. The Balaban J connectivity index is 2.34. The van der Waals surface area contributed by atoms with Crippen molar-refractivity contribution in [3.8, 4) is 0 Å². The number of aliphatic imine (C=N–C) groups is 1. The Morgan fingerprint density at radius 3 is 2.15 bits per heavy atom. The van der Waals surface area contributed by atoms with Crippen LogP contribution in [0.1, 0.15) is 48.5 Å². The van der Waals surface area contributed by atoms with Crippen molar-refractivity contribution < 1.29 is 27.9 Å². The van der Waals surface area contributed by atoms with Gasteiger partial charge in [-0.1, -0.05) is 53.3 Å². The molecule has 7 nitrogen and oxygen atoms in total. The molecular weight excluding hydrogens is 479 g/mol. The van der Waals surface area contributed by atoms with Crippen molar-refractivity contribution in [1.82, 2.24) is 4.90 Å². The zero-order valence-electron chi connectivity index (χ0n) is 22.1. The van der Waals surface area contributed by atoms with E-state index in [1.807, 2.05) is 0 Å². The lowest BCUT2D eigenvalue weighted by atomic mass is 10.00. The molecule has 1 N–H and O–H groups in total. The lowest BCUT2D eigenvalue weighted by Crippen LogP contribution is -2.60. The SMILES string of the molecule is CCN(C(=O)O)C1=N[C@@H]2[C@H](F)[C@H](O[Si](C)(C)C(C)(C)C)[C@@H](CO[Si](C)(C)C(C)(C)C)O[C@@H]2S1. The van der Waals surface area contributed by atoms with Crippen molar-refractivity contribution in [3.05, 3.63) is 0 Å². The Hall–Kier alpha value is -0.466. The lowest BCUT2D eigenvalue weighted by molar-refractivity contribution is -0.137. The lowest BCUT2D eigenvalue weighted by Gasteiger charge is -2.47. The summed E-state index contributed by atoms with van der Waals surface area (Å²) in [5, 5.41) is 9.68. The summed E-state index contributed by atoms with van der Waals surface area (Å²) < 4.78 is 35.4. The van der Waals surface area contributed by atoms with E-state index in [0.717, 1.165) is 4.90 Å². The highest BCUT2D eigenvalue weighted by atomic mass is 32.2. The Kier molecular flexibility index (Phi) is 8.62. The Morgan fingerprint density at radius 1 is 1.15 bits per heavy atom. The van der Waals surface area contributed by atoms with Crippen LogP contribution in [0, 0.1) is 0 Å². The van der Waals surface area contributed by atoms with Crippen molar-refractivity contribution in [2.45, 2.75) is 115 Å². The normalized spacial score (nSPS) is 29.0. The molecule has 0 aromatic rings. The molecule has 0 saturated carbocycles. The van der Waals surface area contributed by atoms with E-state index in [1.54, 1.807) is 6.92 Å². The summed E-state index contributed by atoms with van der Waals surface area (Å²) in [6.07, 6.45) is -3.93. The van der Waals surface area contributed by atoms with Crippen LogP contribution in [-0.4, -0.2) is 80.9 Å². The highest BCUT2D eigenvalue weighted by molar-refractivity contribution is 8.14. The third-order valence-electron chi connectivity index (χ3n) is 7.50. The highest BCUT2D eigenvalue weighted by Crippen LogP contribution is 2.44. The van der Waals surface area contributed by atoms with Crippen LogP contribution in [0.2, 0.25) is 36.3 Å². The summed E-state index contributed by atoms with van der Waals surface area (Å²) in [4.78, 5) is 17.2. The molecule has 2 heterocycles. The number of fused-ring (bicyclic) bond motifs is 1. The van der Waals surface area contributed by atoms with Gasteiger partial charge in [0.2, 0.25) is 0 Å². The molecule has 0 spiro atoms. The molecule has 11 heteroatoms. The van der Waals surface area contributed by atoms with Crippen LogP contribution in [0.15, 0.2) is 4.99 Å². The summed E-state index contributed by atoms with van der Waals surface area (Å²) in [5.41, 5.74) is -0.601. The molecule has 33 heavy (non-hydrogen) atoms. The van der Waals surface area contributed by atoms with Crippen LogP contribution in [0.25, 0.3) is 0 Å². The van der Waals surface area contributed by atoms with E-state index >= 15 is 4.39 Å². The van der Waals surface area contributed by atoms with Gasteiger partial charge in [0.1, 0.15) is 23.7 Å². The smallest absolute Gasteiger partial charge is 0.413 e. The van der Waals surface area contributed by atoms with Gasteiger partial charge in [-0.2, -0.15) is 0 Å². The summed E-state index contributed by atoms with van der Waals surface area (Å²) in [5.74, 6) is 0. The molecule has 0 bridgehead atoms. The van der Waals surface area contributed by atoms with Gasteiger partial charge in [0.15, 0.2) is 28.0 Å². The average Bonchev–Trinajstić information content (AvgIpc) is 3.04. The van der Waals surface area contributed by atoms with Gasteiger partial charge < -0.3 is 18.7 Å². The van der Waals surface area contributed by atoms with E-state index in [-0.39, 0.29) is 28.4 Å².